The van der Waals surface area contributed by atoms with Crippen LogP contribution in [0, 0.1) is 13.8 Å². The fraction of sp³-hybridized carbons (Fsp3) is 0.412. The van der Waals surface area contributed by atoms with Crippen LogP contribution in [0.4, 0.5) is 0 Å². The zero-order valence-corrected chi connectivity index (χ0v) is 13.7. The molecule has 124 valence electrons. The summed E-state index contributed by atoms with van der Waals surface area (Å²) < 4.78 is 7.24. The van der Waals surface area contributed by atoms with Gasteiger partial charge in [-0.2, -0.15) is 5.10 Å². The van der Waals surface area contributed by atoms with Crippen molar-refractivity contribution in [1.82, 2.24) is 15.1 Å². The number of benzene rings is 1. The van der Waals surface area contributed by atoms with Gasteiger partial charge in [0.1, 0.15) is 5.69 Å². The van der Waals surface area contributed by atoms with Crippen LogP contribution in [0.25, 0.3) is 0 Å². The number of aromatic nitrogens is 2. The number of nitrogens with zero attached hydrogens (tertiary/aromatic N) is 2. The molecule has 23 heavy (non-hydrogen) atoms. The zero-order valence-electron chi connectivity index (χ0n) is 13.7. The van der Waals surface area contributed by atoms with Crippen molar-refractivity contribution in [2.24, 2.45) is 7.05 Å². The Kier molecular flexibility index (Phi) is 5.76. The fourth-order valence-electron chi connectivity index (χ4n) is 2.34. The first-order valence-corrected chi connectivity index (χ1v) is 7.59. The predicted molar refractivity (Wildman–Crippen MR) is 87.3 cm³/mol. The summed E-state index contributed by atoms with van der Waals surface area (Å²) in [6.45, 7) is 3.83. The van der Waals surface area contributed by atoms with Crippen molar-refractivity contribution >= 4 is 5.91 Å². The number of hydrogen-bond donors (Lipinski definition) is 2. The summed E-state index contributed by atoms with van der Waals surface area (Å²) in [6.07, 6.45) is -0.119. The standard InChI is InChI=1S/C17H23N3O3/c1-12-17(13(2)20(3)19-12)23-11-16(22)18-10-15(21)9-14-7-5-4-6-8-14/h4-8,15,21H,9-11H2,1-3H3,(H,18,22)/t15-/m0/s1. The third-order valence-corrected chi connectivity index (χ3v) is 3.64. The average Bonchev–Trinajstić information content (AvgIpc) is 2.77. The molecule has 0 aliphatic heterocycles. The molecule has 0 bridgehead atoms. The van der Waals surface area contributed by atoms with E-state index < -0.39 is 6.10 Å². The van der Waals surface area contributed by atoms with Crippen LogP contribution >= 0.6 is 0 Å². The topological polar surface area (TPSA) is 76.4 Å². The maximum absolute atomic E-state index is 11.8. The lowest BCUT2D eigenvalue weighted by atomic mass is 10.1. The number of carbonyl (C=O) groups excluding carboxylic acids is 1. The number of nitrogens with one attached hydrogen (secondary N) is 1. The van der Waals surface area contributed by atoms with Crippen molar-refractivity contribution in [3.8, 4) is 5.75 Å². The van der Waals surface area contributed by atoms with Gasteiger partial charge in [0.25, 0.3) is 5.91 Å². The van der Waals surface area contributed by atoms with Crippen molar-refractivity contribution in [2.45, 2.75) is 26.4 Å². The second-order valence-electron chi connectivity index (χ2n) is 5.56. The summed E-state index contributed by atoms with van der Waals surface area (Å²) in [5, 5.41) is 16.9. The molecule has 0 spiro atoms. The number of aryl methyl sites for hydroxylation is 2. The molecule has 6 heteroatoms. The minimum atomic E-state index is -0.622. The van der Waals surface area contributed by atoms with Gasteiger partial charge in [-0.1, -0.05) is 30.3 Å². The minimum Gasteiger partial charge on any atom is -0.480 e. The highest BCUT2D eigenvalue weighted by Gasteiger charge is 2.13. The van der Waals surface area contributed by atoms with E-state index in [1.54, 1.807) is 4.68 Å². The number of aliphatic hydroxyl groups excluding tert-OH is 1. The van der Waals surface area contributed by atoms with Crippen LogP contribution in [0.15, 0.2) is 30.3 Å². The Labute approximate surface area is 136 Å². The molecule has 0 unspecified atom stereocenters. The molecule has 2 aromatic rings. The molecule has 0 saturated heterocycles. The molecule has 0 aliphatic carbocycles. The first-order chi connectivity index (χ1) is 11.0. The van der Waals surface area contributed by atoms with Crippen LogP contribution < -0.4 is 10.1 Å². The van der Waals surface area contributed by atoms with Gasteiger partial charge in [0, 0.05) is 20.0 Å². The van der Waals surface area contributed by atoms with Crippen LogP contribution in [0.3, 0.4) is 0 Å². The van der Waals surface area contributed by atoms with E-state index in [0.29, 0.717) is 12.2 Å². The normalized spacial score (nSPS) is 12.0. The van der Waals surface area contributed by atoms with Crippen molar-refractivity contribution in [3.05, 3.63) is 47.3 Å². The van der Waals surface area contributed by atoms with Crippen molar-refractivity contribution < 1.29 is 14.6 Å². The Hall–Kier alpha value is -2.34. The molecule has 1 aromatic heterocycles. The Morgan fingerprint density at radius 3 is 2.65 bits per heavy atom. The van der Waals surface area contributed by atoms with Gasteiger partial charge in [-0.3, -0.25) is 9.48 Å². The van der Waals surface area contributed by atoms with Crippen LogP contribution in [-0.4, -0.2) is 40.0 Å². The summed E-state index contributed by atoms with van der Waals surface area (Å²) in [5.74, 6) is 0.368. The number of ether oxygens (including phenoxy) is 1. The van der Waals surface area contributed by atoms with Gasteiger partial charge in [-0.05, 0) is 19.4 Å². The lowest BCUT2D eigenvalue weighted by Gasteiger charge is -2.12. The largest absolute Gasteiger partial charge is 0.480 e. The highest BCUT2D eigenvalue weighted by atomic mass is 16.5. The molecule has 2 rings (SSSR count). The number of amides is 1. The maximum Gasteiger partial charge on any atom is 0.258 e. The van der Waals surface area contributed by atoms with E-state index in [2.05, 4.69) is 10.4 Å². The zero-order chi connectivity index (χ0) is 16.8. The van der Waals surface area contributed by atoms with Gasteiger partial charge in [-0.15, -0.1) is 0 Å². The second kappa shape index (κ2) is 7.78. The van der Waals surface area contributed by atoms with Crippen LogP contribution in [0.2, 0.25) is 0 Å². The fourth-order valence-corrected chi connectivity index (χ4v) is 2.34. The molecule has 0 fully saturated rings. The van der Waals surface area contributed by atoms with Crippen LogP contribution in [0.5, 0.6) is 5.75 Å². The minimum absolute atomic E-state index is 0.0918. The monoisotopic (exact) mass is 317 g/mol. The SMILES string of the molecule is Cc1nn(C)c(C)c1OCC(=O)NC[C@@H](O)Cc1ccccc1. The second-order valence-corrected chi connectivity index (χ2v) is 5.56. The molecule has 0 saturated carbocycles. The Morgan fingerprint density at radius 1 is 1.35 bits per heavy atom. The number of rotatable bonds is 7. The first kappa shape index (κ1) is 17.0. The van der Waals surface area contributed by atoms with Gasteiger partial charge in [0.15, 0.2) is 12.4 Å². The van der Waals surface area contributed by atoms with E-state index in [1.807, 2.05) is 51.2 Å². The summed E-state index contributed by atoms with van der Waals surface area (Å²) in [5.41, 5.74) is 2.66. The maximum atomic E-state index is 11.8. The highest BCUT2D eigenvalue weighted by molar-refractivity contribution is 5.77. The molecule has 1 aromatic carbocycles. The molecule has 0 aliphatic rings. The van der Waals surface area contributed by atoms with E-state index in [1.165, 1.54) is 0 Å². The lowest BCUT2D eigenvalue weighted by molar-refractivity contribution is -0.123. The molecular weight excluding hydrogens is 294 g/mol. The van der Waals surface area contributed by atoms with Crippen molar-refractivity contribution in [3.63, 3.8) is 0 Å². The van der Waals surface area contributed by atoms with E-state index in [9.17, 15) is 9.90 Å². The van der Waals surface area contributed by atoms with Gasteiger partial charge < -0.3 is 15.2 Å². The highest BCUT2D eigenvalue weighted by Crippen LogP contribution is 2.20. The van der Waals surface area contributed by atoms with Crippen LogP contribution in [0.1, 0.15) is 17.0 Å². The molecule has 6 nitrogen and oxygen atoms in total. The van der Waals surface area contributed by atoms with Gasteiger partial charge in [0.05, 0.1) is 11.8 Å². The molecule has 2 N–H and O–H groups in total. The van der Waals surface area contributed by atoms with Gasteiger partial charge in [-0.25, -0.2) is 0 Å². The number of hydrogen-bond acceptors (Lipinski definition) is 4. The van der Waals surface area contributed by atoms with E-state index in [-0.39, 0.29) is 19.1 Å². The summed E-state index contributed by atoms with van der Waals surface area (Å²) in [6, 6.07) is 9.67. The Bertz CT molecular complexity index is 653. The third kappa shape index (κ3) is 4.82. The average molecular weight is 317 g/mol. The van der Waals surface area contributed by atoms with E-state index in [4.69, 9.17) is 4.74 Å². The first-order valence-electron chi connectivity index (χ1n) is 7.59. The smallest absolute Gasteiger partial charge is 0.258 e. The molecule has 1 atom stereocenters. The summed E-state index contributed by atoms with van der Waals surface area (Å²) in [4.78, 5) is 11.8. The van der Waals surface area contributed by atoms with Crippen molar-refractivity contribution in [2.75, 3.05) is 13.2 Å². The summed E-state index contributed by atoms with van der Waals surface area (Å²) in [7, 11) is 1.83. The summed E-state index contributed by atoms with van der Waals surface area (Å²) >= 11 is 0. The lowest BCUT2D eigenvalue weighted by Crippen LogP contribution is -2.36. The number of aliphatic hydroxyl groups is 1. The molecule has 1 amide bonds. The van der Waals surface area contributed by atoms with Crippen molar-refractivity contribution in [1.29, 1.82) is 0 Å². The molecule has 1 heterocycles. The van der Waals surface area contributed by atoms with E-state index >= 15 is 0 Å². The Balaban J connectivity index is 1.74. The predicted octanol–water partition coefficient (Wildman–Crippen LogP) is 1.14. The van der Waals surface area contributed by atoms with Crippen LogP contribution in [-0.2, 0) is 18.3 Å². The Morgan fingerprint density at radius 2 is 2.04 bits per heavy atom. The van der Waals surface area contributed by atoms with Gasteiger partial charge in [0.2, 0.25) is 0 Å². The quantitative estimate of drug-likeness (QED) is 0.803. The van der Waals surface area contributed by atoms with Gasteiger partial charge >= 0.3 is 0 Å². The molecular formula is C17H23N3O3. The molecule has 0 radical (unpaired) electrons. The number of carbonyl (C=O) groups is 1. The third-order valence-electron chi connectivity index (χ3n) is 3.64. The van der Waals surface area contributed by atoms with E-state index in [0.717, 1.165) is 17.0 Å².